The lowest BCUT2D eigenvalue weighted by molar-refractivity contribution is 0.627. The highest BCUT2D eigenvalue weighted by Crippen LogP contribution is 2.13. The predicted molar refractivity (Wildman–Crippen MR) is 64.6 cm³/mol. The zero-order valence-corrected chi connectivity index (χ0v) is 8.78. The molecule has 2 aromatic rings. The summed E-state index contributed by atoms with van der Waals surface area (Å²) in [7, 11) is 0. The van der Waals surface area contributed by atoms with Gasteiger partial charge in [0.1, 0.15) is 5.82 Å². The first-order chi connectivity index (χ1) is 7.74. The van der Waals surface area contributed by atoms with Gasteiger partial charge in [-0.15, -0.1) is 0 Å². The zero-order valence-electron chi connectivity index (χ0n) is 8.78. The maximum absolute atomic E-state index is 12.7. The maximum atomic E-state index is 12.7. The van der Waals surface area contributed by atoms with E-state index in [0.717, 1.165) is 16.9 Å². The summed E-state index contributed by atoms with van der Waals surface area (Å²) in [6.07, 6.45) is 0. The molecule has 2 rings (SSSR count). The molecule has 0 radical (unpaired) electrons. The number of halogens is 1. The molecule has 2 aromatic carbocycles. The second-order valence-corrected chi connectivity index (χ2v) is 3.61. The molecule has 2 nitrogen and oxygen atoms in total. The van der Waals surface area contributed by atoms with Gasteiger partial charge in [-0.1, -0.05) is 18.2 Å². The number of benzene rings is 2. The Morgan fingerprint density at radius 2 is 1.81 bits per heavy atom. The van der Waals surface area contributed by atoms with Crippen molar-refractivity contribution >= 4 is 11.4 Å². The maximum Gasteiger partial charge on any atom is 0.123 e. The van der Waals surface area contributed by atoms with Gasteiger partial charge in [0.05, 0.1) is 0 Å². The number of rotatable bonds is 3. The molecular weight excluding hydrogens is 203 g/mol. The van der Waals surface area contributed by atoms with Crippen LogP contribution in [0, 0.1) is 5.82 Å². The van der Waals surface area contributed by atoms with Crippen molar-refractivity contribution in [1.29, 1.82) is 0 Å². The highest BCUT2D eigenvalue weighted by molar-refractivity contribution is 5.54. The Morgan fingerprint density at radius 3 is 2.50 bits per heavy atom. The Balaban J connectivity index is 1.99. The van der Waals surface area contributed by atoms with Crippen molar-refractivity contribution < 1.29 is 4.39 Å². The second-order valence-electron chi connectivity index (χ2n) is 3.61. The lowest BCUT2D eigenvalue weighted by atomic mass is 10.2. The van der Waals surface area contributed by atoms with E-state index in [4.69, 9.17) is 5.73 Å². The fraction of sp³-hybridized carbons (Fsp3) is 0.0769. The molecule has 0 aliphatic heterocycles. The van der Waals surface area contributed by atoms with Crippen molar-refractivity contribution in [2.75, 3.05) is 11.1 Å². The predicted octanol–water partition coefficient (Wildman–Crippen LogP) is 3.02. The average Bonchev–Trinajstić information content (AvgIpc) is 2.28. The molecule has 0 atom stereocenters. The molecule has 0 heterocycles. The fourth-order valence-corrected chi connectivity index (χ4v) is 1.46. The van der Waals surface area contributed by atoms with Crippen LogP contribution in [0.3, 0.4) is 0 Å². The topological polar surface area (TPSA) is 38.0 Å². The molecule has 0 aromatic heterocycles. The number of nitrogen functional groups attached to an aromatic ring is 1. The van der Waals surface area contributed by atoms with Crippen LogP contribution in [0.5, 0.6) is 0 Å². The van der Waals surface area contributed by atoms with E-state index in [2.05, 4.69) is 5.32 Å². The van der Waals surface area contributed by atoms with Gasteiger partial charge in [0.25, 0.3) is 0 Å². The first-order valence-corrected chi connectivity index (χ1v) is 5.08. The van der Waals surface area contributed by atoms with Crippen LogP contribution >= 0.6 is 0 Å². The molecule has 0 aliphatic rings. The summed E-state index contributed by atoms with van der Waals surface area (Å²) in [5.74, 6) is -0.215. The smallest absolute Gasteiger partial charge is 0.123 e. The summed E-state index contributed by atoms with van der Waals surface area (Å²) in [4.78, 5) is 0. The Hall–Kier alpha value is -2.03. The van der Waals surface area contributed by atoms with Crippen LogP contribution in [0.2, 0.25) is 0 Å². The third-order valence-electron chi connectivity index (χ3n) is 2.30. The molecule has 82 valence electrons. The van der Waals surface area contributed by atoms with E-state index in [0.29, 0.717) is 6.54 Å². The van der Waals surface area contributed by atoms with Crippen molar-refractivity contribution in [3.05, 3.63) is 59.9 Å². The van der Waals surface area contributed by atoms with Gasteiger partial charge in [0, 0.05) is 17.9 Å². The van der Waals surface area contributed by atoms with Crippen molar-refractivity contribution in [3.8, 4) is 0 Å². The molecular formula is C13H13FN2. The summed E-state index contributed by atoms with van der Waals surface area (Å²) in [6.45, 7) is 0.656. The molecule has 3 heteroatoms. The van der Waals surface area contributed by atoms with Gasteiger partial charge in [-0.2, -0.15) is 0 Å². The van der Waals surface area contributed by atoms with E-state index in [-0.39, 0.29) is 5.82 Å². The number of hydrogen-bond acceptors (Lipinski definition) is 2. The molecule has 0 amide bonds. The summed E-state index contributed by atoms with van der Waals surface area (Å²) in [5.41, 5.74) is 8.38. The SMILES string of the molecule is Nc1cccc(NCc2ccc(F)cc2)c1. The van der Waals surface area contributed by atoms with E-state index in [1.807, 2.05) is 24.3 Å². The Kier molecular flexibility index (Phi) is 3.05. The fourth-order valence-electron chi connectivity index (χ4n) is 1.46. The average molecular weight is 216 g/mol. The quantitative estimate of drug-likeness (QED) is 0.774. The molecule has 16 heavy (non-hydrogen) atoms. The molecule has 0 fully saturated rings. The zero-order chi connectivity index (χ0) is 11.4. The third kappa shape index (κ3) is 2.73. The second kappa shape index (κ2) is 4.66. The van der Waals surface area contributed by atoms with Crippen LogP contribution in [-0.2, 0) is 6.54 Å². The van der Waals surface area contributed by atoms with Crippen LogP contribution in [0.25, 0.3) is 0 Å². The largest absolute Gasteiger partial charge is 0.399 e. The molecule has 0 saturated heterocycles. The standard InChI is InChI=1S/C13H13FN2/c14-11-6-4-10(5-7-11)9-16-13-3-1-2-12(15)8-13/h1-8,16H,9,15H2. The van der Waals surface area contributed by atoms with E-state index in [1.54, 1.807) is 12.1 Å². The van der Waals surface area contributed by atoms with Gasteiger partial charge in [-0.25, -0.2) is 4.39 Å². The number of nitrogens with two attached hydrogens (primary N) is 1. The first kappa shape index (κ1) is 10.5. The van der Waals surface area contributed by atoms with Gasteiger partial charge in [0.15, 0.2) is 0 Å². The van der Waals surface area contributed by atoms with Crippen molar-refractivity contribution in [1.82, 2.24) is 0 Å². The van der Waals surface area contributed by atoms with Crippen molar-refractivity contribution in [3.63, 3.8) is 0 Å². The number of nitrogens with one attached hydrogen (secondary N) is 1. The van der Waals surface area contributed by atoms with Crippen LogP contribution in [0.15, 0.2) is 48.5 Å². The van der Waals surface area contributed by atoms with Gasteiger partial charge in [-0.3, -0.25) is 0 Å². The third-order valence-corrected chi connectivity index (χ3v) is 2.30. The molecule has 3 N–H and O–H groups in total. The monoisotopic (exact) mass is 216 g/mol. The summed E-state index contributed by atoms with van der Waals surface area (Å²) in [5, 5.41) is 3.22. The molecule has 0 spiro atoms. The van der Waals surface area contributed by atoms with Gasteiger partial charge in [-0.05, 0) is 35.9 Å². The van der Waals surface area contributed by atoms with Crippen LogP contribution in [0.4, 0.5) is 15.8 Å². The van der Waals surface area contributed by atoms with E-state index >= 15 is 0 Å². The minimum atomic E-state index is -0.215. The minimum absolute atomic E-state index is 0.215. The van der Waals surface area contributed by atoms with Crippen LogP contribution in [-0.4, -0.2) is 0 Å². The summed E-state index contributed by atoms with van der Waals surface area (Å²) < 4.78 is 12.7. The van der Waals surface area contributed by atoms with E-state index in [1.165, 1.54) is 12.1 Å². The van der Waals surface area contributed by atoms with Gasteiger partial charge in [0.2, 0.25) is 0 Å². The summed E-state index contributed by atoms with van der Waals surface area (Å²) in [6, 6.07) is 14.0. The van der Waals surface area contributed by atoms with Crippen LogP contribution < -0.4 is 11.1 Å². The Labute approximate surface area is 93.9 Å². The highest BCUT2D eigenvalue weighted by atomic mass is 19.1. The highest BCUT2D eigenvalue weighted by Gasteiger charge is 1.95. The first-order valence-electron chi connectivity index (χ1n) is 5.08. The van der Waals surface area contributed by atoms with Crippen LogP contribution in [0.1, 0.15) is 5.56 Å². The molecule has 0 bridgehead atoms. The Morgan fingerprint density at radius 1 is 1.06 bits per heavy atom. The minimum Gasteiger partial charge on any atom is -0.399 e. The normalized spacial score (nSPS) is 10.1. The lowest BCUT2D eigenvalue weighted by Gasteiger charge is -2.06. The number of hydrogen-bond donors (Lipinski definition) is 2. The van der Waals surface area contributed by atoms with E-state index in [9.17, 15) is 4.39 Å². The van der Waals surface area contributed by atoms with Crippen molar-refractivity contribution in [2.45, 2.75) is 6.54 Å². The molecule has 0 unspecified atom stereocenters. The van der Waals surface area contributed by atoms with Gasteiger partial charge < -0.3 is 11.1 Å². The molecule has 0 saturated carbocycles. The van der Waals surface area contributed by atoms with Crippen molar-refractivity contribution in [2.24, 2.45) is 0 Å². The Bertz CT molecular complexity index is 466. The number of anilines is 2. The molecule has 0 aliphatic carbocycles. The summed E-state index contributed by atoms with van der Waals surface area (Å²) >= 11 is 0. The lowest BCUT2D eigenvalue weighted by Crippen LogP contribution is -1.99. The van der Waals surface area contributed by atoms with Gasteiger partial charge >= 0.3 is 0 Å². The van der Waals surface area contributed by atoms with E-state index < -0.39 is 0 Å².